The molecule has 7 heteroatoms. The first kappa shape index (κ1) is 21.0. The monoisotopic (exact) mass is 418 g/mol. The van der Waals surface area contributed by atoms with E-state index in [0.29, 0.717) is 41.2 Å². The summed E-state index contributed by atoms with van der Waals surface area (Å²) in [6.45, 7) is 5.35. The van der Waals surface area contributed by atoms with Gasteiger partial charge in [0.2, 0.25) is 5.82 Å². The fraction of sp³-hybridized carbons (Fsp3) is 0.375. The molecule has 7 nitrogen and oxygen atoms in total. The Kier molecular flexibility index (Phi) is 6.31. The molecule has 1 aromatic heterocycles. The van der Waals surface area contributed by atoms with E-state index in [-0.39, 0.29) is 6.10 Å². The summed E-state index contributed by atoms with van der Waals surface area (Å²) in [5, 5.41) is 17.3. The first-order valence-electron chi connectivity index (χ1n) is 10.5. The lowest BCUT2D eigenvalue weighted by Crippen LogP contribution is -2.23. The second-order valence-corrected chi connectivity index (χ2v) is 7.82. The normalized spacial score (nSPS) is 15.1. The van der Waals surface area contributed by atoms with Crippen LogP contribution < -0.4 is 10.1 Å². The molecule has 0 amide bonds. The van der Waals surface area contributed by atoms with Crippen LogP contribution in [0.3, 0.4) is 0 Å². The second kappa shape index (κ2) is 9.29. The lowest BCUT2D eigenvalue weighted by atomic mass is 10.0. The predicted molar refractivity (Wildman–Crippen MR) is 117 cm³/mol. The minimum Gasteiger partial charge on any atom is -0.490 e. The molecule has 1 aliphatic rings. The molecule has 1 N–H and O–H groups in total. The topological polar surface area (TPSA) is 93.2 Å². The number of ether oxygens (including phenoxy) is 2. The first-order chi connectivity index (χ1) is 15.1. The molecule has 0 bridgehead atoms. The molecule has 1 heterocycles. The molecule has 31 heavy (non-hydrogen) atoms. The Bertz CT molecular complexity index is 1100. The van der Waals surface area contributed by atoms with Gasteiger partial charge in [-0.3, -0.25) is 0 Å². The maximum atomic E-state index is 9.48. The van der Waals surface area contributed by atoms with Crippen LogP contribution in [0.25, 0.3) is 22.8 Å². The van der Waals surface area contributed by atoms with Crippen molar-refractivity contribution in [3.63, 3.8) is 0 Å². The van der Waals surface area contributed by atoms with Gasteiger partial charge in [0.05, 0.1) is 18.3 Å². The van der Waals surface area contributed by atoms with E-state index in [2.05, 4.69) is 27.6 Å². The summed E-state index contributed by atoms with van der Waals surface area (Å²) in [7, 11) is 1.71. The zero-order valence-electron chi connectivity index (χ0n) is 18.0. The zero-order valence-corrected chi connectivity index (χ0v) is 18.0. The van der Waals surface area contributed by atoms with Crippen molar-refractivity contribution in [1.82, 2.24) is 15.5 Å². The van der Waals surface area contributed by atoms with Gasteiger partial charge in [-0.05, 0) is 56.0 Å². The zero-order chi connectivity index (χ0) is 21.8. The summed E-state index contributed by atoms with van der Waals surface area (Å²) in [6, 6.07) is 14.0. The molecular weight excluding hydrogens is 392 g/mol. The van der Waals surface area contributed by atoms with Crippen molar-refractivity contribution in [1.29, 1.82) is 5.26 Å². The van der Waals surface area contributed by atoms with E-state index in [1.807, 2.05) is 32.0 Å². The van der Waals surface area contributed by atoms with Crippen LogP contribution in [0.2, 0.25) is 0 Å². The van der Waals surface area contributed by atoms with E-state index < -0.39 is 0 Å². The number of aromatic nitrogens is 2. The number of nitrogens with one attached hydrogen (secondary N) is 1. The molecule has 0 saturated heterocycles. The SMILES string of the molecule is COCCNC1CCc2c(-c3noc(-c4ccc(OC(C)C)c(C#N)c4)n3)cccc21. The molecule has 0 aliphatic heterocycles. The highest BCUT2D eigenvalue weighted by molar-refractivity contribution is 5.67. The molecule has 0 fully saturated rings. The Labute approximate surface area is 182 Å². The van der Waals surface area contributed by atoms with Crippen LogP contribution in [-0.4, -0.2) is 36.5 Å². The van der Waals surface area contributed by atoms with E-state index in [1.165, 1.54) is 11.1 Å². The number of rotatable bonds is 8. The first-order valence-corrected chi connectivity index (χ1v) is 10.5. The summed E-state index contributed by atoms with van der Waals surface area (Å²) in [4.78, 5) is 4.63. The van der Waals surface area contributed by atoms with Gasteiger partial charge in [0, 0.05) is 30.8 Å². The third kappa shape index (κ3) is 4.46. The van der Waals surface area contributed by atoms with Crippen LogP contribution in [0.4, 0.5) is 0 Å². The Hall–Kier alpha value is -3.21. The van der Waals surface area contributed by atoms with Crippen molar-refractivity contribution >= 4 is 0 Å². The standard InChI is InChI=1S/C24H26N4O3/c1-15(2)30-22-10-7-16(13-17(22)14-25)24-27-23(28-31-24)20-6-4-5-19-18(20)8-9-21(19)26-11-12-29-3/h4-7,10,13,15,21,26H,8-9,11-12H2,1-3H3. The van der Waals surface area contributed by atoms with E-state index >= 15 is 0 Å². The maximum absolute atomic E-state index is 9.48. The summed E-state index contributed by atoms with van der Waals surface area (Å²) in [6.07, 6.45) is 1.98. The van der Waals surface area contributed by atoms with Gasteiger partial charge in [-0.2, -0.15) is 10.2 Å². The quantitative estimate of drug-likeness (QED) is 0.546. The molecule has 4 rings (SSSR count). The summed E-state index contributed by atoms with van der Waals surface area (Å²) in [5.74, 6) is 1.49. The van der Waals surface area contributed by atoms with Gasteiger partial charge in [0.15, 0.2) is 0 Å². The highest BCUT2D eigenvalue weighted by atomic mass is 16.5. The Balaban J connectivity index is 1.60. The average molecular weight is 418 g/mol. The van der Waals surface area contributed by atoms with Crippen LogP contribution >= 0.6 is 0 Å². The smallest absolute Gasteiger partial charge is 0.258 e. The molecule has 1 aliphatic carbocycles. The van der Waals surface area contributed by atoms with Gasteiger partial charge in [-0.15, -0.1) is 0 Å². The second-order valence-electron chi connectivity index (χ2n) is 7.82. The number of benzene rings is 2. The molecule has 1 unspecified atom stereocenters. The lowest BCUT2D eigenvalue weighted by Gasteiger charge is -2.14. The third-order valence-corrected chi connectivity index (χ3v) is 5.34. The molecular formula is C24H26N4O3. The van der Waals surface area contributed by atoms with Gasteiger partial charge >= 0.3 is 0 Å². The number of hydrogen-bond donors (Lipinski definition) is 1. The van der Waals surface area contributed by atoms with Crippen molar-refractivity contribution in [2.45, 2.75) is 38.8 Å². The molecule has 160 valence electrons. The molecule has 0 radical (unpaired) electrons. The van der Waals surface area contributed by atoms with E-state index in [4.69, 9.17) is 14.0 Å². The van der Waals surface area contributed by atoms with Crippen molar-refractivity contribution in [3.8, 4) is 34.7 Å². The fourth-order valence-electron chi connectivity index (χ4n) is 3.97. The molecule has 3 aromatic rings. The Morgan fingerprint density at radius 2 is 2.16 bits per heavy atom. The minimum atomic E-state index is -0.0130. The minimum absolute atomic E-state index is 0.0130. The van der Waals surface area contributed by atoms with Gasteiger partial charge in [-0.1, -0.05) is 23.4 Å². The van der Waals surface area contributed by atoms with Crippen LogP contribution in [0.15, 0.2) is 40.9 Å². The van der Waals surface area contributed by atoms with E-state index in [1.54, 1.807) is 19.2 Å². The fourth-order valence-corrected chi connectivity index (χ4v) is 3.97. The van der Waals surface area contributed by atoms with Gasteiger partial charge in [-0.25, -0.2) is 0 Å². The van der Waals surface area contributed by atoms with Gasteiger partial charge in [0.25, 0.3) is 5.89 Å². The van der Waals surface area contributed by atoms with Crippen molar-refractivity contribution < 1.29 is 14.0 Å². The largest absolute Gasteiger partial charge is 0.490 e. The van der Waals surface area contributed by atoms with Crippen LogP contribution in [0.1, 0.15) is 43.0 Å². The number of hydrogen-bond acceptors (Lipinski definition) is 7. The maximum Gasteiger partial charge on any atom is 0.258 e. The van der Waals surface area contributed by atoms with Crippen LogP contribution in [-0.2, 0) is 11.2 Å². The van der Waals surface area contributed by atoms with Crippen molar-refractivity contribution in [3.05, 3.63) is 53.1 Å². The number of methoxy groups -OCH3 is 1. The van der Waals surface area contributed by atoms with Crippen LogP contribution in [0.5, 0.6) is 5.75 Å². The average Bonchev–Trinajstić information content (AvgIpc) is 3.41. The van der Waals surface area contributed by atoms with E-state index in [0.717, 1.165) is 24.9 Å². The van der Waals surface area contributed by atoms with Gasteiger partial charge in [0.1, 0.15) is 11.8 Å². The Morgan fingerprint density at radius 1 is 1.29 bits per heavy atom. The summed E-state index contributed by atoms with van der Waals surface area (Å²) in [5.41, 5.74) is 4.66. The van der Waals surface area contributed by atoms with E-state index in [9.17, 15) is 5.26 Å². The number of nitrogens with zero attached hydrogens (tertiary/aromatic N) is 3. The van der Waals surface area contributed by atoms with Gasteiger partial charge < -0.3 is 19.3 Å². The molecule has 2 aromatic carbocycles. The molecule has 0 spiro atoms. The summed E-state index contributed by atoms with van der Waals surface area (Å²) >= 11 is 0. The van der Waals surface area contributed by atoms with Crippen LogP contribution in [0, 0.1) is 11.3 Å². The Morgan fingerprint density at radius 3 is 2.94 bits per heavy atom. The molecule has 1 atom stereocenters. The number of nitriles is 1. The number of fused-ring (bicyclic) bond motifs is 1. The lowest BCUT2D eigenvalue weighted by molar-refractivity contribution is 0.195. The van der Waals surface area contributed by atoms with Crippen molar-refractivity contribution in [2.75, 3.05) is 20.3 Å². The predicted octanol–water partition coefficient (Wildman–Crippen LogP) is 4.29. The highest BCUT2D eigenvalue weighted by Gasteiger charge is 2.26. The molecule has 0 saturated carbocycles. The van der Waals surface area contributed by atoms with Crippen molar-refractivity contribution in [2.24, 2.45) is 0 Å². The summed E-state index contributed by atoms with van der Waals surface area (Å²) < 4.78 is 16.4. The third-order valence-electron chi connectivity index (χ3n) is 5.34. The highest BCUT2D eigenvalue weighted by Crippen LogP contribution is 2.37.